The van der Waals surface area contributed by atoms with Crippen molar-refractivity contribution in [2.24, 2.45) is 34.0 Å². The van der Waals surface area contributed by atoms with Gasteiger partial charge in [0, 0.05) is 11.8 Å². The molecule has 5 rings (SSSR count). The van der Waals surface area contributed by atoms with Crippen LogP contribution in [0.15, 0.2) is 53.4 Å². The van der Waals surface area contributed by atoms with Gasteiger partial charge in [0.1, 0.15) is 17.8 Å². The number of ketones is 1. The minimum atomic E-state index is -4.03. The van der Waals surface area contributed by atoms with Gasteiger partial charge >= 0.3 is 5.97 Å². The molecule has 0 amide bonds. The normalized spacial score (nSPS) is 30.9. The molecule has 2 aromatic carbocycles. The zero-order valence-corrected chi connectivity index (χ0v) is 26.5. The Bertz CT molecular complexity index is 1440. The molecule has 0 aromatic heterocycles. The number of benzene rings is 2. The molecule has 41 heavy (non-hydrogen) atoms. The predicted octanol–water partition coefficient (Wildman–Crippen LogP) is 6.88. The Morgan fingerprint density at radius 3 is 2.17 bits per heavy atom. The number of anilines is 1. The Hall–Kier alpha value is -2.67. The first kappa shape index (κ1) is 29.8. The van der Waals surface area contributed by atoms with Crippen molar-refractivity contribution < 1.29 is 22.7 Å². The fraction of sp³-hybridized carbons (Fsp3) is 0.588. The second kappa shape index (κ2) is 9.96. The van der Waals surface area contributed by atoms with Gasteiger partial charge in [0.25, 0.3) is 10.0 Å². The van der Waals surface area contributed by atoms with Crippen molar-refractivity contribution in [3.05, 3.63) is 59.7 Å². The molecule has 222 valence electrons. The maximum Gasteiger partial charge on any atom is 0.317 e. The van der Waals surface area contributed by atoms with E-state index < -0.39 is 39.5 Å². The predicted molar refractivity (Wildman–Crippen MR) is 161 cm³/mol. The topological polar surface area (TPSA) is 80.8 Å². The number of aryl methyl sites for hydroxylation is 2. The summed E-state index contributed by atoms with van der Waals surface area (Å²) in [6.45, 7) is 16.6. The standard InChI is InChI=1S/C34H45NO5S/c1-21-18-22(2)20-23(19-21)35(41(38,39)24-12-10-9-11-13-24)29-26-16-17-34(8,33(26,6)7)30(29)40-31(37)28-25(32(3,4)5)14-15-27(28)36/h9-13,18-20,25-26,28-30H,14-17H2,1-8H3/t25-,26-,28+,29+,30+,34+/m1/s1. The number of carbonyl (C=O) groups excluding carboxylic acids is 2. The Morgan fingerprint density at radius 1 is 0.976 bits per heavy atom. The second-order valence-corrected chi connectivity index (χ2v) is 16.4. The molecule has 0 radical (unpaired) electrons. The number of ether oxygens (including phenoxy) is 1. The zero-order chi connectivity index (χ0) is 30.1. The van der Waals surface area contributed by atoms with Gasteiger partial charge < -0.3 is 4.74 Å². The maximum atomic E-state index is 14.6. The van der Waals surface area contributed by atoms with E-state index in [4.69, 9.17) is 4.74 Å². The van der Waals surface area contributed by atoms with Crippen LogP contribution < -0.4 is 4.31 Å². The third kappa shape index (κ3) is 4.72. The van der Waals surface area contributed by atoms with Crippen LogP contribution in [-0.2, 0) is 24.3 Å². The first-order valence-electron chi connectivity index (χ1n) is 14.9. The summed E-state index contributed by atoms with van der Waals surface area (Å²) in [5.74, 6) is -1.53. The van der Waals surface area contributed by atoms with Gasteiger partial charge in [0.05, 0.1) is 16.6 Å². The lowest BCUT2D eigenvalue weighted by Gasteiger charge is -2.43. The molecule has 0 N–H and O–H groups in total. The summed E-state index contributed by atoms with van der Waals surface area (Å²) in [6.07, 6.45) is 2.00. The summed E-state index contributed by atoms with van der Waals surface area (Å²) in [5.41, 5.74) is 1.51. The molecule has 3 aliphatic carbocycles. The van der Waals surface area contributed by atoms with E-state index in [-0.39, 0.29) is 33.3 Å². The molecule has 3 aliphatic rings. The Kier molecular flexibility index (Phi) is 7.24. The van der Waals surface area contributed by atoms with Gasteiger partial charge in [-0.1, -0.05) is 65.8 Å². The summed E-state index contributed by atoms with van der Waals surface area (Å²) < 4.78 is 37.2. The number of hydrogen-bond acceptors (Lipinski definition) is 5. The van der Waals surface area contributed by atoms with Crippen LogP contribution in [-0.4, -0.2) is 32.3 Å². The molecule has 0 spiro atoms. The van der Waals surface area contributed by atoms with Crippen molar-refractivity contribution in [1.29, 1.82) is 0 Å². The van der Waals surface area contributed by atoms with Gasteiger partial charge in [0.2, 0.25) is 0 Å². The quantitative estimate of drug-likeness (QED) is 0.275. The number of carbonyl (C=O) groups is 2. The molecule has 0 aliphatic heterocycles. The van der Waals surface area contributed by atoms with E-state index >= 15 is 0 Å². The van der Waals surface area contributed by atoms with Crippen molar-refractivity contribution in [2.45, 2.75) is 98.1 Å². The van der Waals surface area contributed by atoms with E-state index in [2.05, 4.69) is 41.5 Å². The van der Waals surface area contributed by atoms with Gasteiger partial charge in [-0.15, -0.1) is 0 Å². The number of sulfonamides is 1. The molecule has 0 heterocycles. The van der Waals surface area contributed by atoms with Gasteiger partial charge in [-0.3, -0.25) is 13.9 Å². The second-order valence-electron chi connectivity index (χ2n) is 14.5. The summed E-state index contributed by atoms with van der Waals surface area (Å²) in [6, 6.07) is 13.7. The number of Topliss-reactive ketones (excluding diaryl/α,β-unsaturated/α-hetero) is 1. The zero-order valence-electron chi connectivity index (χ0n) is 25.7. The third-order valence-corrected chi connectivity index (χ3v) is 12.7. The van der Waals surface area contributed by atoms with Gasteiger partial charge in [-0.2, -0.15) is 0 Å². The highest BCUT2D eigenvalue weighted by atomic mass is 32.2. The molecule has 0 saturated heterocycles. The van der Waals surface area contributed by atoms with E-state index in [1.54, 1.807) is 34.6 Å². The minimum absolute atomic E-state index is 0.0395. The van der Waals surface area contributed by atoms with E-state index in [9.17, 15) is 18.0 Å². The molecule has 2 bridgehead atoms. The Morgan fingerprint density at radius 2 is 1.59 bits per heavy atom. The van der Waals surface area contributed by atoms with E-state index in [1.165, 1.54) is 0 Å². The maximum absolute atomic E-state index is 14.6. The molecular formula is C34H45NO5S. The molecule has 7 heteroatoms. The van der Waals surface area contributed by atoms with E-state index in [0.717, 1.165) is 24.0 Å². The Balaban J connectivity index is 1.66. The van der Waals surface area contributed by atoms with Gasteiger partial charge in [0.15, 0.2) is 0 Å². The van der Waals surface area contributed by atoms with Crippen LogP contribution in [0.3, 0.4) is 0 Å². The molecule has 3 saturated carbocycles. The van der Waals surface area contributed by atoms with E-state index in [0.29, 0.717) is 18.5 Å². The smallest absolute Gasteiger partial charge is 0.317 e. The fourth-order valence-corrected chi connectivity index (χ4v) is 9.96. The van der Waals surface area contributed by atoms with Crippen LogP contribution in [0.2, 0.25) is 0 Å². The first-order chi connectivity index (χ1) is 19.0. The number of nitrogens with zero attached hydrogens (tertiary/aromatic N) is 1. The SMILES string of the molecule is Cc1cc(C)cc(N([C@H]2[C@H]3CC[C@@](C)([C@H]2OC(=O)[C@@H]2C(=O)CC[C@H]2C(C)(C)C)C3(C)C)S(=O)(=O)c2ccccc2)c1. The highest BCUT2D eigenvalue weighted by Crippen LogP contribution is 2.68. The molecular weight excluding hydrogens is 534 g/mol. The summed E-state index contributed by atoms with van der Waals surface area (Å²) in [4.78, 5) is 27.3. The summed E-state index contributed by atoms with van der Waals surface area (Å²) in [7, 11) is -4.03. The lowest BCUT2D eigenvalue weighted by atomic mass is 9.70. The van der Waals surface area contributed by atoms with Crippen LogP contribution >= 0.6 is 0 Å². The first-order valence-corrected chi connectivity index (χ1v) is 16.3. The third-order valence-electron chi connectivity index (χ3n) is 10.8. The van der Waals surface area contributed by atoms with Crippen LogP contribution in [0, 0.1) is 47.8 Å². The molecule has 0 unspecified atom stereocenters. The largest absolute Gasteiger partial charge is 0.459 e. The highest BCUT2D eigenvalue weighted by Gasteiger charge is 2.70. The molecule has 3 fully saturated rings. The lowest BCUT2D eigenvalue weighted by molar-refractivity contribution is -0.166. The number of hydrogen-bond donors (Lipinski definition) is 0. The molecule has 6 nitrogen and oxygen atoms in total. The number of fused-ring (bicyclic) bond motifs is 2. The number of rotatable bonds is 6. The molecule has 6 atom stereocenters. The van der Waals surface area contributed by atoms with Crippen LogP contribution in [0.25, 0.3) is 0 Å². The summed E-state index contributed by atoms with van der Waals surface area (Å²) >= 11 is 0. The Labute approximate surface area is 245 Å². The van der Waals surface area contributed by atoms with Crippen molar-refractivity contribution in [1.82, 2.24) is 0 Å². The van der Waals surface area contributed by atoms with Crippen molar-refractivity contribution in [3.63, 3.8) is 0 Å². The van der Waals surface area contributed by atoms with Crippen LogP contribution in [0.4, 0.5) is 5.69 Å². The van der Waals surface area contributed by atoms with Crippen molar-refractivity contribution >= 4 is 27.5 Å². The number of esters is 1. The molecule has 2 aromatic rings. The van der Waals surface area contributed by atoms with Gasteiger partial charge in [-0.25, -0.2) is 8.42 Å². The van der Waals surface area contributed by atoms with E-state index in [1.807, 2.05) is 32.0 Å². The van der Waals surface area contributed by atoms with Crippen molar-refractivity contribution in [3.8, 4) is 0 Å². The van der Waals surface area contributed by atoms with Gasteiger partial charge in [-0.05, 0) is 91.2 Å². The van der Waals surface area contributed by atoms with Crippen LogP contribution in [0.5, 0.6) is 0 Å². The highest BCUT2D eigenvalue weighted by molar-refractivity contribution is 7.92. The lowest BCUT2D eigenvalue weighted by Crippen LogP contribution is -2.54. The average Bonchev–Trinajstić information content (AvgIpc) is 3.42. The van der Waals surface area contributed by atoms with Crippen LogP contribution in [0.1, 0.15) is 78.4 Å². The van der Waals surface area contributed by atoms with Crippen molar-refractivity contribution in [2.75, 3.05) is 4.31 Å². The summed E-state index contributed by atoms with van der Waals surface area (Å²) in [5, 5.41) is 0. The monoisotopic (exact) mass is 579 g/mol. The average molecular weight is 580 g/mol. The fourth-order valence-electron chi connectivity index (χ4n) is 8.27. The minimum Gasteiger partial charge on any atom is -0.459 e.